The van der Waals surface area contributed by atoms with Gasteiger partial charge in [0, 0.05) is 39.3 Å². The molecule has 0 bridgehead atoms. The van der Waals surface area contributed by atoms with Crippen LogP contribution in [0, 0.1) is 5.41 Å². The summed E-state index contributed by atoms with van der Waals surface area (Å²) in [4.78, 5) is 4.96. The Hall–Kier alpha value is -0.160. The highest BCUT2D eigenvalue weighted by atomic mass is 16.3. The minimum atomic E-state index is -0.570. The Balaban J connectivity index is 1.70. The second-order valence-corrected chi connectivity index (χ2v) is 6.90. The molecule has 1 heterocycles. The summed E-state index contributed by atoms with van der Waals surface area (Å²) in [6.45, 7) is 11.1. The van der Waals surface area contributed by atoms with Gasteiger partial charge in [0.15, 0.2) is 0 Å². The van der Waals surface area contributed by atoms with Gasteiger partial charge in [0.1, 0.15) is 0 Å². The molecule has 18 heavy (non-hydrogen) atoms. The summed E-state index contributed by atoms with van der Waals surface area (Å²) in [6, 6.07) is 0. The number of hydrogen-bond donors (Lipinski definition) is 2. The molecule has 0 aromatic heterocycles. The van der Waals surface area contributed by atoms with Crippen LogP contribution in [0.1, 0.15) is 33.1 Å². The summed E-state index contributed by atoms with van der Waals surface area (Å²) in [5.41, 5.74) is 5.69. The monoisotopic (exact) mass is 255 g/mol. The minimum absolute atomic E-state index is 0.563. The number of β-amino-alcohol motifs (C(OH)–C–C–N with tert-alkyl or cyclic N) is 1. The summed E-state index contributed by atoms with van der Waals surface area (Å²) in [5, 5.41) is 9.83. The number of aliphatic hydroxyl groups is 1. The Morgan fingerprint density at radius 1 is 1.11 bits per heavy atom. The molecule has 2 fully saturated rings. The maximum absolute atomic E-state index is 9.83. The lowest BCUT2D eigenvalue weighted by Crippen LogP contribution is -2.51. The number of hydrogen-bond acceptors (Lipinski definition) is 4. The lowest BCUT2D eigenvalue weighted by Gasteiger charge is -2.38. The number of rotatable bonds is 6. The zero-order valence-electron chi connectivity index (χ0n) is 12.0. The fourth-order valence-electron chi connectivity index (χ4n) is 3.10. The van der Waals surface area contributed by atoms with Crippen molar-refractivity contribution in [2.24, 2.45) is 11.1 Å². The van der Waals surface area contributed by atoms with Crippen molar-refractivity contribution in [3.63, 3.8) is 0 Å². The molecule has 0 aromatic rings. The lowest BCUT2D eigenvalue weighted by atomic mass is 10.0. The van der Waals surface area contributed by atoms with Crippen LogP contribution in [0.15, 0.2) is 0 Å². The van der Waals surface area contributed by atoms with Crippen LogP contribution in [-0.4, -0.2) is 66.3 Å². The molecule has 0 atom stereocenters. The number of nitrogens with two attached hydrogens (primary N) is 1. The van der Waals surface area contributed by atoms with Crippen molar-refractivity contribution in [1.29, 1.82) is 0 Å². The van der Waals surface area contributed by atoms with Gasteiger partial charge in [0.05, 0.1) is 5.60 Å². The molecular formula is C14H29N3O. The largest absolute Gasteiger partial charge is 0.389 e. The Labute approximate surface area is 111 Å². The van der Waals surface area contributed by atoms with Gasteiger partial charge in [-0.3, -0.25) is 4.90 Å². The molecule has 0 aromatic carbocycles. The number of nitrogens with zero attached hydrogens (tertiary/aromatic N) is 2. The predicted molar refractivity (Wildman–Crippen MR) is 74.5 cm³/mol. The second-order valence-electron chi connectivity index (χ2n) is 6.90. The van der Waals surface area contributed by atoms with Gasteiger partial charge >= 0.3 is 0 Å². The summed E-state index contributed by atoms with van der Waals surface area (Å²) < 4.78 is 0. The van der Waals surface area contributed by atoms with E-state index in [1.54, 1.807) is 0 Å². The number of piperazine rings is 1. The van der Waals surface area contributed by atoms with Gasteiger partial charge in [0.2, 0.25) is 0 Å². The first-order chi connectivity index (χ1) is 8.42. The van der Waals surface area contributed by atoms with Crippen LogP contribution in [-0.2, 0) is 0 Å². The summed E-state index contributed by atoms with van der Waals surface area (Å²) in [6.07, 6.45) is 3.93. The molecule has 0 spiro atoms. The third-order valence-electron chi connectivity index (χ3n) is 4.27. The zero-order chi connectivity index (χ0) is 13.2. The van der Waals surface area contributed by atoms with Crippen LogP contribution in [0.2, 0.25) is 0 Å². The molecule has 3 N–H and O–H groups in total. The van der Waals surface area contributed by atoms with E-state index in [4.69, 9.17) is 5.73 Å². The van der Waals surface area contributed by atoms with Gasteiger partial charge in [-0.05, 0) is 45.1 Å². The van der Waals surface area contributed by atoms with Crippen molar-refractivity contribution in [2.45, 2.75) is 38.7 Å². The van der Waals surface area contributed by atoms with E-state index in [0.717, 1.165) is 39.3 Å². The van der Waals surface area contributed by atoms with Gasteiger partial charge in [-0.1, -0.05) is 0 Å². The molecule has 1 aliphatic heterocycles. The van der Waals surface area contributed by atoms with Crippen molar-refractivity contribution < 1.29 is 5.11 Å². The smallest absolute Gasteiger partial charge is 0.0718 e. The molecule has 106 valence electrons. The topological polar surface area (TPSA) is 52.7 Å². The molecule has 0 radical (unpaired) electrons. The quantitative estimate of drug-likeness (QED) is 0.726. The standard InChI is InChI=1S/C14H29N3O/c1-13(2,18)11-16-7-9-17(10-8-16)12-14(3-4-14)5-6-15/h18H,3-12,15H2,1-2H3. The highest BCUT2D eigenvalue weighted by Gasteiger charge is 2.43. The molecule has 0 unspecified atom stereocenters. The fraction of sp³-hybridized carbons (Fsp3) is 1.00. The molecular weight excluding hydrogens is 226 g/mol. The molecule has 1 saturated carbocycles. The summed E-state index contributed by atoms with van der Waals surface area (Å²) in [5.74, 6) is 0. The van der Waals surface area contributed by atoms with E-state index in [1.165, 1.54) is 25.8 Å². The first-order valence-corrected chi connectivity index (χ1v) is 7.30. The van der Waals surface area contributed by atoms with Gasteiger partial charge < -0.3 is 15.7 Å². The maximum Gasteiger partial charge on any atom is 0.0718 e. The first-order valence-electron chi connectivity index (χ1n) is 7.30. The van der Waals surface area contributed by atoms with E-state index in [1.807, 2.05) is 13.8 Å². The fourth-order valence-corrected chi connectivity index (χ4v) is 3.10. The highest BCUT2D eigenvalue weighted by Crippen LogP contribution is 2.49. The average Bonchev–Trinajstić information content (AvgIpc) is 3.00. The van der Waals surface area contributed by atoms with Crippen molar-refractivity contribution in [1.82, 2.24) is 9.80 Å². The van der Waals surface area contributed by atoms with Gasteiger partial charge in [-0.2, -0.15) is 0 Å². The van der Waals surface area contributed by atoms with E-state index in [9.17, 15) is 5.11 Å². The van der Waals surface area contributed by atoms with Gasteiger partial charge in [0.25, 0.3) is 0 Å². The van der Waals surface area contributed by atoms with Crippen molar-refractivity contribution in [2.75, 3.05) is 45.8 Å². The second kappa shape index (κ2) is 5.45. The van der Waals surface area contributed by atoms with E-state index in [0.29, 0.717) is 5.41 Å². The Bertz CT molecular complexity index is 263. The van der Waals surface area contributed by atoms with E-state index in [2.05, 4.69) is 9.80 Å². The SMILES string of the molecule is CC(C)(O)CN1CCN(CC2(CCN)CC2)CC1. The summed E-state index contributed by atoms with van der Waals surface area (Å²) >= 11 is 0. The van der Waals surface area contributed by atoms with E-state index >= 15 is 0 Å². The molecule has 2 rings (SSSR count). The minimum Gasteiger partial charge on any atom is -0.389 e. The van der Waals surface area contributed by atoms with E-state index < -0.39 is 5.60 Å². The Kier molecular flexibility index (Phi) is 4.32. The Morgan fingerprint density at radius 2 is 1.67 bits per heavy atom. The van der Waals surface area contributed by atoms with E-state index in [-0.39, 0.29) is 0 Å². The summed E-state index contributed by atoms with van der Waals surface area (Å²) in [7, 11) is 0. The van der Waals surface area contributed by atoms with Crippen LogP contribution >= 0.6 is 0 Å². The van der Waals surface area contributed by atoms with Crippen LogP contribution in [0.3, 0.4) is 0 Å². The highest BCUT2D eigenvalue weighted by molar-refractivity contribution is 4.96. The zero-order valence-corrected chi connectivity index (χ0v) is 12.0. The third-order valence-corrected chi connectivity index (χ3v) is 4.27. The van der Waals surface area contributed by atoms with Crippen LogP contribution in [0.25, 0.3) is 0 Å². The van der Waals surface area contributed by atoms with Crippen LogP contribution in [0.5, 0.6) is 0 Å². The van der Waals surface area contributed by atoms with Gasteiger partial charge in [-0.15, -0.1) is 0 Å². The predicted octanol–water partition coefficient (Wildman–Crippen LogP) is 0.504. The van der Waals surface area contributed by atoms with Gasteiger partial charge in [-0.25, -0.2) is 0 Å². The van der Waals surface area contributed by atoms with Crippen molar-refractivity contribution in [3.8, 4) is 0 Å². The van der Waals surface area contributed by atoms with Crippen LogP contribution in [0.4, 0.5) is 0 Å². The molecule has 4 heteroatoms. The normalized spacial score (nSPS) is 25.3. The van der Waals surface area contributed by atoms with Crippen molar-refractivity contribution in [3.05, 3.63) is 0 Å². The lowest BCUT2D eigenvalue weighted by molar-refractivity contribution is 0.0148. The Morgan fingerprint density at radius 3 is 2.11 bits per heavy atom. The van der Waals surface area contributed by atoms with Crippen LogP contribution < -0.4 is 5.73 Å². The molecule has 2 aliphatic rings. The van der Waals surface area contributed by atoms with Crippen molar-refractivity contribution >= 4 is 0 Å². The first kappa shape index (κ1) is 14.3. The molecule has 4 nitrogen and oxygen atoms in total. The average molecular weight is 255 g/mol. The molecule has 0 amide bonds. The molecule has 1 saturated heterocycles. The maximum atomic E-state index is 9.83. The molecule has 1 aliphatic carbocycles. The third kappa shape index (κ3) is 4.19.